The van der Waals surface area contributed by atoms with Gasteiger partial charge >= 0.3 is 0 Å². The van der Waals surface area contributed by atoms with Crippen LogP contribution in [0.15, 0.2) is 60.0 Å². The van der Waals surface area contributed by atoms with Crippen molar-refractivity contribution < 1.29 is 14.6 Å². The van der Waals surface area contributed by atoms with Crippen molar-refractivity contribution in [1.82, 2.24) is 4.98 Å². The van der Waals surface area contributed by atoms with Gasteiger partial charge in [-0.25, -0.2) is 0 Å². The largest absolute Gasteiger partial charge is 0.385 e. The van der Waals surface area contributed by atoms with Crippen LogP contribution in [0.5, 0.6) is 0 Å². The monoisotopic (exact) mass is 427 g/mol. The molecule has 2 bridgehead atoms. The second kappa shape index (κ2) is 6.18. The second-order valence-corrected chi connectivity index (χ2v) is 11.1. The summed E-state index contributed by atoms with van der Waals surface area (Å²) in [5.41, 5.74) is 3.26. The molecule has 1 aromatic carbocycles. The number of benzene rings is 1. The number of ketones is 1. The Bertz CT molecular complexity index is 1230. The molecule has 7 rings (SSSR count). The zero-order chi connectivity index (χ0) is 21.7. The zero-order valence-corrected chi connectivity index (χ0v) is 18.5. The van der Waals surface area contributed by atoms with Gasteiger partial charge in [-0.3, -0.25) is 9.78 Å². The number of aliphatic hydroxyl groups excluding tert-OH is 1. The number of hydrogen-bond donors (Lipinski definition) is 1. The van der Waals surface area contributed by atoms with E-state index in [9.17, 15) is 9.90 Å². The third-order valence-corrected chi connectivity index (χ3v) is 9.65. The molecule has 1 N–H and O–H groups in total. The molecule has 0 radical (unpaired) electrons. The number of aromatic nitrogens is 1. The number of allylic oxidation sites excluding steroid dienone is 1. The summed E-state index contributed by atoms with van der Waals surface area (Å²) in [6.45, 7) is 2.47. The first-order chi connectivity index (χ1) is 15.4. The number of carbonyl (C=O) groups excluding carboxylic acids is 1. The molecule has 3 heterocycles. The Morgan fingerprint density at radius 2 is 2.06 bits per heavy atom. The van der Waals surface area contributed by atoms with E-state index in [-0.39, 0.29) is 16.8 Å². The molecule has 2 spiro atoms. The molecule has 1 unspecified atom stereocenters. The van der Waals surface area contributed by atoms with Gasteiger partial charge in [-0.15, -0.1) is 0 Å². The summed E-state index contributed by atoms with van der Waals surface area (Å²) in [7, 11) is 0. The molecule has 32 heavy (non-hydrogen) atoms. The predicted molar refractivity (Wildman–Crippen MR) is 122 cm³/mol. The molecule has 5 aliphatic rings. The van der Waals surface area contributed by atoms with Crippen LogP contribution in [0.3, 0.4) is 0 Å². The molecule has 1 saturated heterocycles. The number of aliphatic hydroxyl groups is 1. The van der Waals surface area contributed by atoms with E-state index in [2.05, 4.69) is 48.3 Å². The molecule has 2 aliphatic heterocycles. The van der Waals surface area contributed by atoms with E-state index in [0.29, 0.717) is 24.7 Å². The van der Waals surface area contributed by atoms with Crippen LogP contribution in [0, 0.1) is 11.3 Å². The Hall–Kier alpha value is -2.30. The molecular formula is C28H29NO3. The molecule has 0 amide bonds. The van der Waals surface area contributed by atoms with Crippen molar-refractivity contribution >= 4 is 16.6 Å². The highest BCUT2D eigenvalue weighted by Crippen LogP contribution is 2.69. The lowest BCUT2D eigenvalue weighted by Crippen LogP contribution is -2.55. The average molecular weight is 428 g/mol. The Balaban J connectivity index is 1.31. The van der Waals surface area contributed by atoms with Gasteiger partial charge in [0.1, 0.15) is 6.10 Å². The summed E-state index contributed by atoms with van der Waals surface area (Å²) in [5.74, 6) is 0.882. The first-order valence-electron chi connectivity index (χ1n) is 12.1. The Kier molecular flexibility index (Phi) is 3.71. The normalized spacial score (nSPS) is 42.2. The Morgan fingerprint density at radius 1 is 1.16 bits per heavy atom. The van der Waals surface area contributed by atoms with E-state index in [1.807, 2.05) is 12.4 Å². The van der Waals surface area contributed by atoms with Crippen molar-refractivity contribution in [2.75, 3.05) is 0 Å². The number of fused-ring (bicyclic) bond motifs is 2. The fourth-order valence-corrected chi connectivity index (χ4v) is 8.08. The molecule has 3 fully saturated rings. The van der Waals surface area contributed by atoms with E-state index in [4.69, 9.17) is 4.74 Å². The van der Waals surface area contributed by atoms with Crippen LogP contribution in [0.25, 0.3) is 10.8 Å². The van der Waals surface area contributed by atoms with Crippen LogP contribution >= 0.6 is 0 Å². The van der Waals surface area contributed by atoms with E-state index in [0.717, 1.165) is 31.3 Å². The fraction of sp³-hybridized carbons (Fsp3) is 0.500. The summed E-state index contributed by atoms with van der Waals surface area (Å²) in [5, 5.41) is 12.6. The summed E-state index contributed by atoms with van der Waals surface area (Å²) >= 11 is 0. The third-order valence-electron chi connectivity index (χ3n) is 9.65. The quantitative estimate of drug-likeness (QED) is 0.695. The van der Waals surface area contributed by atoms with Crippen LogP contribution in [-0.2, 0) is 9.53 Å². The molecule has 4 heteroatoms. The van der Waals surface area contributed by atoms with Crippen LogP contribution in [0.1, 0.15) is 63.4 Å². The number of hydrogen-bond acceptors (Lipinski definition) is 4. The molecule has 1 aromatic heterocycles. The molecule has 2 saturated carbocycles. The smallest absolute Gasteiger partial charge is 0.164 e. The van der Waals surface area contributed by atoms with E-state index in [1.54, 1.807) is 0 Å². The first kappa shape index (κ1) is 19.2. The van der Waals surface area contributed by atoms with Gasteiger partial charge in [0, 0.05) is 30.6 Å². The fourth-order valence-electron chi connectivity index (χ4n) is 8.08. The predicted octanol–water partition coefficient (Wildman–Crippen LogP) is 5.02. The Labute approximate surface area is 188 Å². The van der Waals surface area contributed by atoms with Crippen molar-refractivity contribution in [2.24, 2.45) is 11.3 Å². The number of Topliss-reactive ketones (excluding diaryl/α,β-unsaturated/α-hetero) is 1. The van der Waals surface area contributed by atoms with Gasteiger partial charge in [0.15, 0.2) is 5.78 Å². The highest BCUT2D eigenvalue weighted by atomic mass is 16.5. The van der Waals surface area contributed by atoms with Crippen LogP contribution < -0.4 is 0 Å². The second-order valence-electron chi connectivity index (χ2n) is 11.1. The highest BCUT2D eigenvalue weighted by Gasteiger charge is 2.67. The lowest BCUT2D eigenvalue weighted by atomic mass is 9.58. The van der Waals surface area contributed by atoms with Gasteiger partial charge in [-0.1, -0.05) is 31.2 Å². The summed E-state index contributed by atoms with van der Waals surface area (Å²) in [4.78, 5) is 16.8. The maximum atomic E-state index is 12.4. The molecule has 164 valence electrons. The van der Waals surface area contributed by atoms with Gasteiger partial charge in [0.25, 0.3) is 0 Å². The van der Waals surface area contributed by atoms with Crippen molar-refractivity contribution in [2.45, 2.75) is 75.1 Å². The van der Waals surface area contributed by atoms with Gasteiger partial charge in [-0.05, 0) is 83.6 Å². The number of pyridine rings is 1. The van der Waals surface area contributed by atoms with Gasteiger partial charge in [0.2, 0.25) is 0 Å². The SMILES string of the molecule is C[C@]12CC=C3C=C4C[C@@H](O)C(=O)C[C@]45CCC3(O5)[C@@H]1CC[C@@H]2c1ccc2ccncc2c1. The maximum Gasteiger partial charge on any atom is 0.164 e. The van der Waals surface area contributed by atoms with Crippen molar-refractivity contribution in [3.8, 4) is 0 Å². The number of rotatable bonds is 1. The lowest BCUT2D eigenvalue weighted by molar-refractivity contribution is -0.154. The molecule has 3 aliphatic carbocycles. The number of ether oxygens (including phenoxy) is 1. The van der Waals surface area contributed by atoms with Crippen LogP contribution in [0.2, 0.25) is 0 Å². The highest BCUT2D eigenvalue weighted by molar-refractivity contribution is 5.87. The van der Waals surface area contributed by atoms with Crippen molar-refractivity contribution in [3.05, 3.63) is 65.5 Å². The minimum atomic E-state index is -0.865. The molecule has 2 aromatic rings. The standard InChI is InChI=1S/C28H29NO3/c1-26-8-6-20-13-21-14-23(30)24(31)15-27(21)9-10-28(20,32-27)25(26)5-4-22(26)18-3-2-17-7-11-29-16-19(17)12-18/h2-3,6-7,11-13,16,22-23,25,30H,4-5,8-10,14-15H2,1H3/t22-,23-,25-,26-,27-,28?/m1/s1. The number of carbonyl (C=O) groups is 1. The lowest BCUT2D eigenvalue weighted by Gasteiger charge is -2.54. The van der Waals surface area contributed by atoms with E-state index in [1.165, 1.54) is 28.3 Å². The van der Waals surface area contributed by atoms with E-state index >= 15 is 0 Å². The average Bonchev–Trinajstić information content (AvgIpc) is 3.31. The molecule has 6 atom stereocenters. The van der Waals surface area contributed by atoms with Crippen LogP contribution in [-0.4, -0.2) is 33.2 Å². The molecular weight excluding hydrogens is 398 g/mol. The zero-order valence-electron chi connectivity index (χ0n) is 18.5. The third kappa shape index (κ3) is 2.30. The Morgan fingerprint density at radius 3 is 2.97 bits per heavy atom. The minimum Gasteiger partial charge on any atom is -0.385 e. The van der Waals surface area contributed by atoms with Crippen LogP contribution in [0.4, 0.5) is 0 Å². The van der Waals surface area contributed by atoms with Crippen molar-refractivity contribution in [1.29, 1.82) is 0 Å². The van der Waals surface area contributed by atoms with Gasteiger partial charge in [0.05, 0.1) is 11.2 Å². The molecule has 4 nitrogen and oxygen atoms in total. The van der Waals surface area contributed by atoms with E-state index < -0.39 is 11.7 Å². The maximum absolute atomic E-state index is 12.4. The van der Waals surface area contributed by atoms with Gasteiger partial charge < -0.3 is 9.84 Å². The topological polar surface area (TPSA) is 59.4 Å². The summed E-state index contributed by atoms with van der Waals surface area (Å²) in [6.07, 6.45) is 13.7. The number of nitrogens with zero attached hydrogens (tertiary/aromatic N) is 1. The minimum absolute atomic E-state index is 0.0562. The summed E-state index contributed by atoms with van der Waals surface area (Å²) in [6, 6.07) is 8.97. The van der Waals surface area contributed by atoms with Crippen molar-refractivity contribution in [3.63, 3.8) is 0 Å². The summed E-state index contributed by atoms with van der Waals surface area (Å²) < 4.78 is 7.05. The first-order valence-corrected chi connectivity index (χ1v) is 12.1. The van der Waals surface area contributed by atoms with Gasteiger partial charge in [-0.2, -0.15) is 0 Å².